The molecule has 1 rings (SSSR count). The van der Waals surface area contributed by atoms with Crippen LogP contribution in [0.5, 0.6) is 0 Å². The average molecular weight is 244 g/mol. The van der Waals surface area contributed by atoms with Crippen molar-refractivity contribution < 1.29 is 14.3 Å². The van der Waals surface area contributed by atoms with Gasteiger partial charge in [-0.1, -0.05) is 0 Å². The first-order valence-electron chi connectivity index (χ1n) is 6.36. The van der Waals surface area contributed by atoms with Crippen molar-refractivity contribution in [3.05, 3.63) is 0 Å². The molecule has 100 valence electrons. The minimum atomic E-state index is -0.0541. The molecule has 0 aromatic heterocycles. The molecule has 0 aliphatic carbocycles. The van der Waals surface area contributed by atoms with Crippen molar-refractivity contribution in [2.24, 2.45) is 5.92 Å². The first kappa shape index (κ1) is 14.4. The van der Waals surface area contributed by atoms with E-state index in [0.717, 1.165) is 6.54 Å². The monoisotopic (exact) mass is 244 g/mol. The summed E-state index contributed by atoms with van der Waals surface area (Å²) < 4.78 is 10.7. The van der Waals surface area contributed by atoms with Crippen molar-refractivity contribution >= 4 is 5.91 Å². The van der Waals surface area contributed by atoms with Gasteiger partial charge in [-0.3, -0.25) is 4.79 Å². The summed E-state index contributed by atoms with van der Waals surface area (Å²) in [5, 5.41) is 3.14. The topological polar surface area (TPSA) is 50.8 Å². The summed E-state index contributed by atoms with van der Waals surface area (Å²) in [6.45, 7) is 7.78. The number of nitrogens with one attached hydrogen (secondary N) is 1. The highest BCUT2D eigenvalue weighted by atomic mass is 16.5. The van der Waals surface area contributed by atoms with Crippen LogP contribution >= 0.6 is 0 Å². The number of amides is 1. The molecule has 1 fully saturated rings. The molecule has 5 heteroatoms. The Morgan fingerprint density at radius 1 is 1.47 bits per heavy atom. The van der Waals surface area contributed by atoms with Gasteiger partial charge in [0.05, 0.1) is 25.7 Å². The zero-order valence-corrected chi connectivity index (χ0v) is 11.1. The Hall–Kier alpha value is -0.650. The Morgan fingerprint density at radius 3 is 2.82 bits per heavy atom. The van der Waals surface area contributed by atoms with Crippen LogP contribution in [0.4, 0.5) is 0 Å². The Morgan fingerprint density at radius 2 is 2.24 bits per heavy atom. The molecule has 1 amide bonds. The highest BCUT2D eigenvalue weighted by Gasteiger charge is 2.35. The van der Waals surface area contributed by atoms with Gasteiger partial charge in [0.2, 0.25) is 5.91 Å². The highest BCUT2D eigenvalue weighted by molar-refractivity contribution is 5.80. The van der Waals surface area contributed by atoms with E-state index < -0.39 is 0 Å². The van der Waals surface area contributed by atoms with E-state index in [0.29, 0.717) is 33.0 Å². The smallest absolute Gasteiger partial charge is 0.229 e. The summed E-state index contributed by atoms with van der Waals surface area (Å²) in [4.78, 5) is 14.1. The van der Waals surface area contributed by atoms with Gasteiger partial charge in [0.1, 0.15) is 0 Å². The number of nitrogens with zero attached hydrogens (tertiary/aromatic N) is 1. The van der Waals surface area contributed by atoms with E-state index in [1.165, 1.54) is 0 Å². The van der Waals surface area contributed by atoms with Crippen molar-refractivity contribution in [3.63, 3.8) is 0 Å². The highest BCUT2D eigenvalue weighted by Crippen LogP contribution is 2.16. The molecule has 0 saturated carbocycles. The third-order valence-electron chi connectivity index (χ3n) is 3.17. The first-order valence-corrected chi connectivity index (χ1v) is 6.36. The van der Waals surface area contributed by atoms with Crippen molar-refractivity contribution in [1.29, 1.82) is 0 Å². The zero-order valence-electron chi connectivity index (χ0n) is 11.1. The molecule has 0 aromatic rings. The van der Waals surface area contributed by atoms with E-state index in [2.05, 4.69) is 5.32 Å². The number of hydrogen-bond donors (Lipinski definition) is 1. The molecular weight excluding hydrogens is 220 g/mol. The van der Waals surface area contributed by atoms with Gasteiger partial charge in [-0.05, 0) is 20.9 Å². The van der Waals surface area contributed by atoms with Crippen molar-refractivity contribution in [2.75, 3.05) is 46.6 Å². The standard InChI is InChI=1S/C12H24N2O3/c1-4-14(6-7-16-5-2)12(15)10-8-17-9-11(10)13-3/h10-11,13H,4-9H2,1-3H3. The summed E-state index contributed by atoms with van der Waals surface area (Å²) in [5.74, 6) is 0.116. The SMILES string of the molecule is CCOCCN(CC)C(=O)C1COCC1NC. The maximum absolute atomic E-state index is 12.3. The molecule has 2 unspecified atom stereocenters. The summed E-state index contributed by atoms with van der Waals surface area (Å²) in [5.41, 5.74) is 0. The van der Waals surface area contributed by atoms with Crippen LogP contribution in [-0.2, 0) is 14.3 Å². The van der Waals surface area contributed by atoms with E-state index in [-0.39, 0.29) is 17.9 Å². The Balaban J connectivity index is 2.47. The summed E-state index contributed by atoms with van der Waals surface area (Å²) in [7, 11) is 1.87. The molecule has 2 atom stereocenters. The second-order valence-electron chi connectivity index (χ2n) is 4.15. The lowest BCUT2D eigenvalue weighted by Gasteiger charge is -2.26. The molecule has 0 radical (unpaired) electrons. The third-order valence-corrected chi connectivity index (χ3v) is 3.17. The molecule has 5 nitrogen and oxygen atoms in total. The van der Waals surface area contributed by atoms with Crippen LogP contribution in [0.25, 0.3) is 0 Å². The Bertz CT molecular complexity index is 236. The predicted molar refractivity (Wildman–Crippen MR) is 65.9 cm³/mol. The van der Waals surface area contributed by atoms with Crippen LogP contribution in [0.3, 0.4) is 0 Å². The number of ether oxygens (including phenoxy) is 2. The minimum absolute atomic E-state index is 0.0541. The molecule has 17 heavy (non-hydrogen) atoms. The fourth-order valence-electron chi connectivity index (χ4n) is 2.06. The van der Waals surface area contributed by atoms with E-state index >= 15 is 0 Å². The summed E-state index contributed by atoms with van der Waals surface area (Å²) in [6, 6.07) is 0.142. The van der Waals surface area contributed by atoms with E-state index in [9.17, 15) is 4.79 Å². The van der Waals surface area contributed by atoms with E-state index in [1.54, 1.807) is 0 Å². The Kier molecular flexibility index (Phi) is 6.47. The normalized spacial score (nSPS) is 23.9. The van der Waals surface area contributed by atoms with E-state index in [4.69, 9.17) is 9.47 Å². The van der Waals surface area contributed by atoms with Gasteiger partial charge in [0.15, 0.2) is 0 Å². The lowest BCUT2D eigenvalue weighted by molar-refractivity contribution is -0.136. The van der Waals surface area contributed by atoms with Crippen molar-refractivity contribution in [2.45, 2.75) is 19.9 Å². The second kappa shape index (κ2) is 7.63. The van der Waals surface area contributed by atoms with Gasteiger partial charge < -0.3 is 19.7 Å². The van der Waals surface area contributed by atoms with E-state index in [1.807, 2.05) is 25.8 Å². The summed E-state index contributed by atoms with van der Waals surface area (Å²) in [6.07, 6.45) is 0. The largest absolute Gasteiger partial charge is 0.380 e. The van der Waals surface area contributed by atoms with Gasteiger partial charge in [-0.2, -0.15) is 0 Å². The minimum Gasteiger partial charge on any atom is -0.380 e. The van der Waals surface area contributed by atoms with Gasteiger partial charge in [0, 0.05) is 25.7 Å². The molecule has 1 N–H and O–H groups in total. The maximum atomic E-state index is 12.3. The first-order chi connectivity index (χ1) is 8.24. The molecule has 0 aromatic carbocycles. The van der Waals surface area contributed by atoms with Crippen molar-refractivity contribution in [1.82, 2.24) is 10.2 Å². The van der Waals surface area contributed by atoms with Crippen LogP contribution in [0.15, 0.2) is 0 Å². The van der Waals surface area contributed by atoms with Crippen molar-refractivity contribution in [3.8, 4) is 0 Å². The summed E-state index contributed by atoms with van der Waals surface area (Å²) >= 11 is 0. The third kappa shape index (κ3) is 3.94. The molecule has 0 bridgehead atoms. The van der Waals surface area contributed by atoms with Gasteiger partial charge >= 0.3 is 0 Å². The maximum Gasteiger partial charge on any atom is 0.229 e. The molecular formula is C12H24N2O3. The second-order valence-corrected chi connectivity index (χ2v) is 4.15. The van der Waals surface area contributed by atoms with Gasteiger partial charge in [-0.25, -0.2) is 0 Å². The molecule has 1 aliphatic heterocycles. The average Bonchev–Trinajstić information content (AvgIpc) is 2.82. The van der Waals surface area contributed by atoms with Crippen LogP contribution in [-0.4, -0.2) is 63.4 Å². The molecule has 1 aliphatic rings. The number of hydrogen-bond acceptors (Lipinski definition) is 4. The molecule has 0 spiro atoms. The van der Waals surface area contributed by atoms with Gasteiger partial charge in [-0.15, -0.1) is 0 Å². The van der Waals surface area contributed by atoms with Crippen LogP contribution < -0.4 is 5.32 Å². The fraction of sp³-hybridized carbons (Fsp3) is 0.917. The number of likely N-dealkylation sites (N-methyl/N-ethyl adjacent to an activating group) is 2. The number of rotatable bonds is 7. The predicted octanol–water partition coefficient (Wildman–Crippen LogP) is 0.106. The number of carbonyl (C=O) groups is 1. The molecule has 1 saturated heterocycles. The van der Waals surface area contributed by atoms with Crippen LogP contribution in [0.1, 0.15) is 13.8 Å². The molecule has 1 heterocycles. The van der Waals surface area contributed by atoms with Gasteiger partial charge in [0.25, 0.3) is 0 Å². The number of carbonyl (C=O) groups excluding carboxylic acids is 1. The lowest BCUT2D eigenvalue weighted by atomic mass is 10.0. The fourth-order valence-corrected chi connectivity index (χ4v) is 2.06. The lowest BCUT2D eigenvalue weighted by Crippen LogP contribution is -2.45. The quantitative estimate of drug-likeness (QED) is 0.646. The Labute approximate surface area is 103 Å². The van der Waals surface area contributed by atoms with Crippen LogP contribution in [0.2, 0.25) is 0 Å². The zero-order chi connectivity index (χ0) is 12.7. The van der Waals surface area contributed by atoms with Crippen LogP contribution in [0, 0.1) is 5.92 Å².